The second kappa shape index (κ2) is 10.7. The summed E-state index contributed by atoms with van der Waals surface area (Å²) in [6.45, 7) is 5.01. The van der Waals surface area contributed by atoms with Crippen LogP contribution in [0.5, 0.6) is 0 Å². The van der Waals surface area contributed by atoms with Crippen molar-refractivity contribution >= 4 is 36.4 Å². The summed E-state index contributed by atoms with van der Waals surface area (Å²) in [5.74, 6) is 0.500. The Morgan fingerprint density at radius 1 is 1.24 bits per heavy atom. The van der Waals surface area contributed by atoms with Crippen LogP contribution in [-0.4, -0.2) is 37.5 Å². The molecule has 6 heteroatoms. The maximum Gasteiger partial charge on any atom is 0.253 e. The topological polar surface area (TPSA) is 58.4 Å². The average Bonchev–Trinajstić information content (AvgIpc) is 2.34. The van der Waals surface area contributed by atoms with Crippen LogP contribution in [0.2, 0.25) is 0 Å². The largest absolute Gasteiger partial charge is 0.398 e. The number of nitrogen functional groups attached to an aromatic ring is 1. The summed E-state index contributed by atoms with van der Waals surface area (Å²) in [4.78, 5) is 14.2. The van der Waals surface area contributed by atoms with Crippen LogP contribution in [0.25, 0.3) is 0 Å². The van der Waals surface area contributed by atoms with Gasteiger partial charge >= 0.3 is 0 Å². The lowest BCUT2D eigenvalue weighted by Gasteiger charge is -2.26. The summed E-state index contributed by atoms with van der Waals surface area (Å²) in [6.07, 6.45) is 1.05. The zero-order chi connectivity index (χ0) is 14.4. The highest BCUT2D eigenvalue weighted by Crippen LogP contribution is 2.11. The van der Waals surface area contributed by atoms with Gasteiger partial charge in [-0.05, 0) is 38.6 Å². The molecule has 0 saturated carbocycles. The number of halogens is 2. The van der Waals surface area contributed by atoms with E-state index in [-0.39, 0.29) is 30.7 Å². The molecule has 0 aliphatic carbocycles. The number of carbonyl (C=O) groups excluding carboxylic acids is 1. The predicted octanol–water partition coefficient (Wildman–Crippen LogP) is 2.82. The Labute approximate surface area is 140 Å². The van der Waals surface area contributed by atoms with Crippen LogP contribution >= 0.6 is 24.8 Å². The van der Waals surface area contributed by atoms with E-state index in [0.717, 1.165) is 6.42 Å². The second-order valence-electron chi connectivity index (χ2n) is 5.54. The number of hydrogen-bond donors (Lipinski definition) is 2. The average molecular weight is 336 g/mol. The molecule has 0 aromatic heterocycles. The van der Waals surface area contributed by atoms with Gasteiger partial charge in [0.1, 0.15) is 0 Å². The molecule has 1 amide bonds. The molecule has 0 heterocycles. The van der Waals surface area contributed by atoms with Crippen molar-refractivity contribution in [3.63, 3.8) is 0 Å². The number of nitrogens with one attached hydrogen (secondary N) is 1. The summed E-state index contributed by atoms with van der Waals surface area (Å²) >= 11 is 0. The first-order chi connectivity index (χ1) is 8.91. The lowest BCUT2D eigenvalue weighted by molar-refractivity contribution is 0.0939. The van der Waals surface area contributed by atoms with Crippen LogP contribution in [0.1, 0.15) is 30.6 Å². The molecular formula is C15H27Cl2N3O. The van der Waals surface area contributed by atoms with Gasteiger partial charge < -0.3 is 16.0 Å². The van der Waals surface area contributed by atoms with E-state index < -0.39 is 0 Å². The van der Waals surface area contributed by atoms with Crippen molar-refractivity contribution in [1.29, 1.82) is 0 Å². The molecule has 122 valence electrons. The molecule has 3 N–H and O–H groups in total. The standard InChI is InChI=1S/C15H25N3O.2ClH/c1-11(2)9-12(18(3)4)10-17-15(19)13-7-5-6-8-14(13)16;;/h5-8,11-12H,9-10,16H2,1-4H3,(H,17,19);2*1H. The minimum atomic E-state index is -0.103. The summed E-state index contributed by atoms with van der Waals surface area (Å²) in [7, 11) is 4.08. The van der Waals surface area contributed by atoms with Crippen LogP contribution in [-0.2, 0) is 0 Å². The highest BCUT2D eigenvalue weighted by molar-refractivity contribution is 5.99. The van der Waals surface area contributed by atoms with E-state index in [2.05, 4.69) is 24.1 Å². The van der Waals surface area contributed by atoms with Gasteiger partial charge in [-0.3, -0.25) is 4.79 Å². The van der Waals surface area contributed by atoms with Gasteiger partial charge in [0, 0.05) is 18.3 Å². The van der Waals surface area contributed by atoms with Gasteiger partial charge in [-0.2, -0.15) is 0 Å². The van der Waals surface area contributed by atoms with E-state index in [9.17, 15) is 4.79 Å². The number of rotatable bonds is 6. The van der Waals surface area contributed by atoms with Crippen molar-refractivity contribution < 1.29 is 4.79 Å². The Bertz CT molecular complexity index is 425. The molecule has 0 radical (unpaired) electrons. The molecule has 0 aliphatic heterocycles. The SMILES string of the molecule is CC(C)CC(CNC(=O)c1ccccc1N)N(C)C.Cl.Cl. The maximum atomic E-state index is 12.1. The Morgan fingerprint density at radius 3 is 2.29 bits per heavy atom. The molecule has 1 aromatic carbocycles. The van der Waals surface area contributed by atoms with E-state index in [4.69, 9.17) is 5.73 Å². The highest BCUT2D eigenvalue weighted by atomic mass is 35.5. The van der Waals surface area contributed by atoms with Crippen LogP contribution < -0.4 is 11.1 Å². The number of carbonyl (C=O) groups is 1. The Morgan fingerprint density at radius 2 is 1.81 bits per heavy atom. The molecule has 21 heavy (non-hydrogen) atoms. The van der Waals surface area contributed by atoms with Crippen molar-refractivity contribution in [2.24, 2.45) is 5.92 Å². The second-order valence-corrected chi connectivity index (χ2v) is 5.54. The Balaban J connectivity index is 0. The number of benzene rings is 1. The monoisotopic (exact) mass is 335 g/mol. The fourth-order valence-electron chi connectivity index (χ4n) is 2.03. The van der Waals surface area contributed by atoms with Gasteiger partial charge in [-0.15, -0.1) is 24.8 Å². The van der Waals surface area contributed by atoms with Gasteiger partial charge in [-0.25, -0.2) is 0 Å². The fourth-order valence-corrected chi connectivity index (χ4v) is 2.03. The molecule has 1 aromatic rings. The zero-order valence-electron chi connectivity index (χ0n) is 13.1. The molecular weight excluding hydrogens is 309 g/mol. The van der Waals surface area contributed by atoms with Gasteiger partial charge in [-0.1, -0.05) is 26.0 Å². The summed E-state index contributed by atoms with van der Waals surface area (Å²) in [6, 6.07) is 7.48. The molecule has 0 spiro atoms. The van der Waals surface area contributed by atoms with Crippen molar-refractivity contribution in [3.8, 4) is 0 Å². The van der Waals surface area contributed by atoms with E-state index in [0.29, 0.717) is 29.8 Å². The van der Waals surface area contributed by atoms with Crippen LogP contribution in [0.3, 0.4) is 0 Å². The van der Waals surface area contributed by atoms with E-state index in [1.807, 2.05) is 26.2 Å². The van der Waals surface area contributed by atoms with E-state index in [1.165, 1.54) is 0 Å². The van der Waals surface area contributed by atoms with Crippen LogP contribution in [0, 0.1) is 5.92 Å². The normalized spacial score (nSPS) is 11.5. The first-order valence-corrected chi connectivity index (χ1v) is 6.71. The zero-order valence-corrected chi connectivity index (χ0v) is 14.8. The third-order valence-electron chi connectivity index (χ3n) is 3.18. The summed E-state index contributed by atoms with van der Waals surface area (Å²) in [5.41, 5.74) is 6.86. The van der Waals surface area contributed by atoms with Crippen LogP contribution in [0.15, 0.2) is 24.3 Å². The molecule has 0 saturated heterocycles. The van der Waals surface area contributed by atoms with Gasteiger partial charge in [0.2, 0.25) is 0 Å². The highest BCUT2D eigenvalue weighted by Gasteiger charge is 2.15. The summed E-state index contributed by atoms with van der Waals surface area (Å²) in [5, 5.41) is 2.97. The number of likely N-dealkylation sites (N-methyl/N-ethyl adjacent to an activating group) is 1. The Kier molecular flexibility index (Phi) is 11.4. The van der Waals surface area contributed by atoms with Crippen LogP contribution in [0.4, 0.5) is 5.69 Å². The molecule has 4 nitrogen and oxygen atoms in total. The van der Waals surface area contributed by atoms with Gasteiger partial charge in [0.05, 0.1) is 5.56 Å². The fraction of sp³-hybridized carbons (Fsp3) is 0.533. The first kappa shape index (κ1) is 22.3. The Hall–Kier alpha value is -0.970. The molecule has 1 atom stereocenters. The number of amides is 1. The number of nitrogens with zero attached hydrogens (tertiary/aromatic N) is 1. The molecule has 0 fully saturated rings. The number of anilines is 1. The van der Waals surface area contributed by atoms with Crippen molar-refractivity contribution in [2.45, 2.75) is 26.3 Å². The lowest BCUT2D eigenvalue weighted by atomic mass is 10.0. The molecule has 0 aliphatic rings. The van der Waals surface area contributed by atoms with E-state index in [1.54, 1.807) is 12.1 Å². The first-order valence-electron chi connectivity index (χ1n) is 6.71. The third kappa shape index (κ3) is 7.55. The molecule has 1 rings (SSSR count). The smallest absolute Gasteiger partial charge is 0.253 e. The summed E-state index contributed by atoms with van der Waals surface area (Å²) < 4.78 is 0. The minimum Gasteiger partial charge on any atom is -0.398 e. The lowest BCUT2D eigenvalue weighted by Crippen LogP contribution is -2.41. The van der Waals surface area contributed by atoms with Gasteiger partial charge in [0.15, 0.2) is 0 Å². The number of nitrogens with two attached hydrogens (primary N) is 1. The molecule has 0 bridgehead atoms. The third-order valence-corrected chi connectivity index (χ3v) is 3.18. The van der Waals surface area contributed by atoms with Crippen molar-refractivity contribution in [2.75, 3.05) is 26.4 Å². The van der Waals surface area contributed by atoms with Crippen molar-refractivity contribution in [1.82, 2.24) is 10.2 Å². The number of hydrogen-bond acceptors (Lipinski definition) is 3. The predicted molar refractivity (Wildman–Crippen MR) is 94.6 cm³/mol. The maximum absolute atomic E-state index is 12.1. The minimum absolute atomic E-state index is 0. The molecule has 1 unspecified atom stereocenters. The quantitative estimate of drug-likeness (QED) is 0.786. The van der Waals surface area contributed by atoms with Gasteiger partial charge in [0.25, 0.3) is 5.91 Å². The van der Waals surface area contributed by atoms with Crippen molar-refractivity contribution in [3.05, 3.63) is 29.8 Å². The van der Waals surface area contributed by atoms with E-state index >= 15 is 0 Å². The number of para-hydroxylation sites is 1.